The van der Waals surface area contributed by atoms with Gasteiger partial charge in [0.2, 0.25) is 5.69 Å². The minimum Gasteiger partial charge on any atom is -0.504 e. The third-order valence-electron chi connectivity index (χ3n) is 3.85. The van der Waals surface area contributed by atoms with Gasteiger partial charge in [0.25, 0.3) is 5.52 Å². The molecule has 0 atom stereocenters. The molecule has 0 unspecified atom stereocenters. The molecule has 0 amide bonds. The standard InChI is InChI=1S/C19H17NO3/c1-20-15(10-8-14-4-3-5-16(21)19(14)20)9-6-13-7-11-18(23-2)17(22)12-13/h3-12H,1-2H3,(H-,21,22)/p+1/b9-6+. The SMILES string of the molecule is COc1ccc(/C=C/c2ccc3cccc(O)c3[n+]2C)cc1O. The van der Waals surface area contributed by atoms with Crippen LogP contribution in [0.3, 0.4) is 0 Å². The summed E-state index contributed by atoms with van der Waals surface area (Å²) in [4.78, 5) is 0. The summed E-state index contributed by atoms with van der Waals surface area (Å²) in [5.41, 5.74) is 2.59. The number of hydrogen-bond donors (Lipinski definition) is 2. The Kier molecular flexibility index (Phi) is 3.89. The van der Waals surface area contributed by atoms with Crippen molar-refractivity contribution in [3.05, 3.63) is 59.8 Å². The molecule has 1 heterocycles. The molecule has 3 rings (SSSR count). The number of aromatic hydroxyl groups is 2. The Balaban J connectivity index is 2.00. The predicted octanol–water partition coefficient (Wildman–Crippen LogP) is 3.25. The molecule has 0 aliphatic carbocycles. The maximum atomic E-state index is 10.1. The monoisotopic (exact) mass is 308 g/mol. The van der Waals surface area contributed by atoms with E-state index in [1.807, 2.05) is 54.1 Å². The highest BCUT2D eigenvalue weighted by atomic mass is 16.5. The molecule has 0 aliphatic rings. The molecular weight excluding hydrogens is 290 g/mol. The number of aromatic nitrogens is 1. The largest absolute Gasteiger partial charge is 0.504 e. The van der Waals surface area contributed by atoms with E-state index < -0.39 is 0 Å². The molecule has 0 fully saturated rings. The summed E-state index contributed by atoms with van der Waals surface area (Å²) >= 11 is 0. The van der Waals surface area contributed by atoms with Crippen molar-refractivity contribution in [2.24, 2.45) is 7.05 Å². The van der Waals surface area contributed by atoms with Crippen molar-refractivity contribution in [2.75, 3.05) is 7.11 Å². The number of ether oxygens (including phenoxy) is 1. The van der Waals surface area contributed by atoms with Crippen LogP contribution in [0.15, 0.2) is 48.5 Å². The van der Waals surface area contributed by atoms with Gasteiger partial charge >= 0.3 is 0 Å². The van der Waals surface area contributed by atoms with Crippen LogP contribution in [0.1, 0.15) is 11.3 Å². The van der Waals surface area contributed by atoms with Gasteiger partial charge in [-0.2, -0.15) is 4.57 Å². The van der Waals surface area contributed by atoms with Crippen molar-refractivity contribution >= 4 is 23.1 Å². The van der Waals surface area contributed by atoms with E-state index in [9.17, 15) is 10.2 Å². The molecule has 0 saturated carbocycles. The Morgan fingerprint density at radius 3 is 2.52 bits per heavy atom. The molecule has 3 aromatic rings. The van der Waals surface area contributed by atoms with Gasteiger partial charge in [-0.05, 0) is 42.0 Å². The van der Waals surface area contributed by atoms with E-state index >= 15 is 0 Å². The number of benzene rings is 2. The van der Waals surface area contributed by atoms with Gasteiger partial charge in [-0.15, -0.1) is 0 Å². The summed E-state index contributed by atoms with van der Waals surface area (Å²) in [7, 11) is 3.43. The minimum absolute atomic E-state index is 0.107. The average molecular weight is 308 g/mol. The zero-order chi connectivity index (χ0) is 16.4. The van der Waals surface area contributed by atoms with Crippen LogP contribution in [-0.2, 0) is 7.05 Å². The third kappa shape index (κ3) is 2.83. The number of phenolic OH excluding ortho intramolecular Hbond substituents is 2. The Bertz CT molecular complexity index is 901. The smallest absolute Gasteiger partial charge is 0.254 e. The van der Waals surface area contributed by atoms with Gasteiger partial charge in [0.05, 0.1) is 12.5 Å². The highest BCUT2D eigenvalue weighted by Crippen LogP contribution is 2.27. The minimum atomic E-state index is 0.107. The fourth-order valence-corrected chi connectivity index (χ4v) is 2.62. The van der Waals surface area contributed by atoms with Crippen LogP contribution in [0.5, 0.6) is 17.2 Å². The third-order valence-corrected chi connectivity index (χ3v) is 3.85. The van der Waals surface area contributed by atoms with E-state index in [0.29, 0.717) is 5.75 Å². The number of nitrogens with zero attached hydrogens (tertiary/aromatic N) is 1. The number of phenols is 2. The molecule has 23 heavy (non-hydrogen) atoms. The fourth-order valence-electron chi connectivity index (χ4n) is 2.62. The summed E-state index contributed by atoms with van der Waals surface area (Å²) in [5, 5.41) is 20.9. The summed E-state index contributed by atoms with van der Waals surface area (Å²) in [6, 6.07) is 14.7. The highest BCUT2D eigenvalue weighted by Gasteiger charge is 2.13. The van der Waals surface area contributed by atoms with Crippen molar-refractivity contribution in [1.29, 1.82) is 0 Å². The highest BCUT2D eigenvalue weighted by molar-refractivity contribution is 5.82. The van der Waals surface area contributed by atoms with Crippen molar-refractivity contribution in [2.45, 2.75) is 0 Å². The van der Waals surface area contributed by atoms with Crippen LogP contribution in [0, 0.1) is 0 Å². The van der Waals surface area contributed by atoms with Gasteiger partial charge in [-0.1, -0.05) is 12.1 Å². The first-order chi connectivity index (χ1) is 11.1. The lowest BCUT2D eigenvalue weighted by atomic mass is 10.1. The number of fused-ring (bicyclic) bond motifs is 1. The van der Waals surface area contributed by atoms with Crippen molar-refractivity contribution in [1.82, 2.24) is 0 Å². The maximum Gasteiger partial charge on any atom is 0.254 e. The number of hydrogen-bond acceptors (Lipinski definition) is 3. The summed E-state index contributed by atoms with van der Waals surface area (Å²) in [6.45, 7) is 0. The Morgan fingerprint density at radius 1 is 0.957 bits per heavy atom. The van der Waals surface area contributed by atoms with E-state index in [2.05, 4.69) is 0 Å². The van der Waals surface area contributed by atoms with Crippen LogP contribution < -0.4 is 9.30 Å². The van der Waals surface area contributed by atoms with Gasteiger partial charge in [0.1, 0.15) is 7.05 Å². The van der Waals surface area contributed by atoms with Crippen molar-refractivity contribution in [3.63, 3.8) is 0 Å². The lowest BCUT2D eigenvalue weighted by Gasteiger charge is -2.04. The molecule has 116 valence electrons. The van der Waals surface area contributed by atoms with Gasteiger partial charge in [0.15, 0.2) is 17.2 Å². The van der Waals surface area contributed by atoms with Gasteiger partial charge in [-0.3, -0.25) is 0 Å². The van der Waals surface area contributed by atoms with Gasteiger partial charge in [-0.25, -0.2) is 0 Å². The van der Waals surface area contributed by atoms with Crippen LogP contribution in [0.25, 0.3) is 23.1 Å². The summed E-state index contributed by atoms with van der Waals surface area (Å²) in [5.74, 6) is 0.806. The number of pyridine rings is 1. The van der Waals surface area contributed by atoms with Crippen LogP contribution >= 0.6 is 0 Å². The first-order valence-electron chi connectivity index (χ1n) is 7.26. The van der Waals surface area contributed by atoms with Crippen molar-refractivity contribution in [3.8, 4) is 17.2 Å². The quantitative estimate of drug-likeness (QED) is 0.730. The van der Waals surface area contributed by atoms with Crippen LogP contribution in [-0.4, -0.2) is 17.3 Å². The van der Waals surface area contributed by atoms with E-state index in [1.165, 1.54) is 7.11 Å². The first kappa shape index (κ1) is 14.9. The second-order valence-electron chi connectivity index (χ2n) is 5.30. The zero-order valence-corrected chi connectivity index (χ0v) is 13.0. The second kappa shape index (κ2) is 6.01. The Hall–Kier alpha value is -3.01. The number of aryl methyl sites for hydroxylation is 1. The predicted molar refractivity (Wildman–Crippen MR) is 90.4 cm³/mol. The van der Waals surface area contributed by atoms with Gasteiger partial charge < -0.3 is 14.9 Å². The molecule has 0 saturated heterocycles. The van der Waals surface area contributed by atoms with E-state index in [1.54, 1.807) is 18.2 Å². The Labute approximate surface area is 134 Å². The summed E-state index contributed by atoms with van der Waals surface area (Å²) < 4.78 is 6.97. The molecule has 2 aromatic carbocycles. The topological polar surface area (TPSA) is 53.6 Å². The van der Waals surface area contributed by atoms with Crippen LogP contribution in [0.4, 0.5) is 0 Å². The number of para-hydroxylation sites is 1. The first-order valence-corrected chi connectivity index (χ1v) is 7.26. The molecule has 1 aromatic heterocycles. The fraction of sp³-hybridized carbons (Fsp3) is 0.105. The average Bonchev–Trinajstić information content (AvgIpc) is 2.54. The normalized spacial score (nSPS) is 11.2. The maximum absolute atomic E-state index is 10.1. The molecule has 4 heteroatoms. The lowest BCUT2D eigenvalue weighted by molar-refractivity contribution is -0.646. The molecule has 4 nitrogen and oxygen atoms in total. The van der Waals surface area contributed by atoms with Gasteiger partial charge in [0, 0.05) is 12.1 Å². The second-order valence-corrected chi connectivity index (χ2v) is 5.30. The van der Waals surface area contributed by atoms with E-state index in [0.717, 1.165) is 22.2 Å². The number of methoxy groups -OCH3 is 1. The van der Waals surface area contributed by atoms with Crippen LogP contribution in [0.2, 0.25) is 0 Å². The Morgan fingerprint density at radius 2 is 1.78 bits per heavy atom. The molecule has 0 bridgehead atoms. The molecule has 0 radical (unpaired) electrons. The summed E-state index contributed by atoms with van der Waals surface area (Å²) in [6.07, 6.45) is 3.84. The van der Waals surface area contributed by atoms with Crippen molar-refractivity contribution < 1.29 is 19.5 Å². The molecular formula is C19H18NO3+. The van der Waals surface area contributed by atoms with E-state index in [4.69, 9.17) is 4.74 Å². The molecule has 0 aliphatic heterocycles. The number of rotatable bonds is 3. The molecule has 0 spiro atoms. The molecule has 2 N–H and O–H groups in total. The van der Waals surface area contributed by atoms with E-state index in [-0.39, 0.29) is 11.5 Å². The lowest BCUT2D eigenvalue weighted by Crippen LogP contribution is -2.32. The zero-order valence-electron chi connectivity index (χ0n) is 13.0.